The molecule has 7 heteroatoms. The van der Waals surface area contributed by atoms with Gasteiger partial charge in [0.1, 0.15) is 12.3 Å². The molecule has 3 heterocycles. The predicted octanol–water partition coefficient (Wildman–Crippen LogP) is 2.03. The van der Waals surface area contributed by atoms with E-state index in [4.69, 9.17) is 9.47 Å². The number of carbonyl (C=O) groups is 1. The summed E-state index contributed by atoms with van der Waals surface area (Å²) < 4.78 is 13.2. The minimum absolute atomic E-state index is 0.0598. The number of amides is 1. The zero-order valence-electron chi connectivity index (χ0n) is 13.6. The van der Waals surface area contributed by atoms with E-state index in [0.717, 1.165) is 11.3 Å². The van der Waals surface area contributed by atoms with Crippen molar-refractivity contribution in [3.05, 3.63) is 65.6 Å². The standard InChI is InChI=1S/C18H16N4O3/c1-12-16(18-21-20-15(23)11-25-18)22-9-5-8-14(17(22)19-12)24-10-13-6-3-2-4-7-13/h2-9H,10-11H2,1H3,(H,20,23). The van der Waals surface area contributed by atoms with Gasteiger partial charge in [-0.3, -0.25) is 9.20 Å². The second kappa shape index (κ2) is 6.27. The van der Waals surface area contributed by atoms with Crippen molar-refractivity contribution >= 4 is 17.5 Å². The molecule has 0 aliphatic carbocycles. The van der Waals surface area contributed by atoms with E-state index in [-0.39, 0.29) is 12.5 Å². The van der Waals surface area contributed by atoms with E-state index in [2.05, 4.69) is 15.5 Å². The SMILES string of the molecule is Cc1nc2c(OCc3ccccc3)cccn2c1C1=NNC(=O)CO1. The summed E-state index contributed by atoms with van der Waals surface area (Å²) in [5.74, 6) is 0.730. The number of carbonyl (C=O) groups excluding carboxylic acids is 1. The summed E-state index contributed by atoms with van der Waals surface area (Å²) in [5, 5.41) is 3.98. The second-order valence-electron chi connectivity index (χ2n) is 5.63. The molecule has 1 aromatic carbocycles. The molecule has 1 amide bonds. The van der Waals surface area contributed by atoms with E-state index in [1.165, 1.54) is 0 Å². The molecule has 0 fully saturated rings. The van der Waals surface area contributed by atoms with Gasteiger partial charge in [0, 0.05) is 6.20 Å². The van der Waals surface area contributed by atoms with Crippen molar-refractivity contribution in [2.75, 3.05) is 6.61 Å². The third kappa shape index (κ3) is 2.91. The molecule has 7 nitrogen and oxygen atoms in total. The molecule has 1 N–H and O–H groups in total. The Morgan fingerprint density at radius 2 is 2.08 bits per heavy atom. The van der Waals surface area contributed by atoms with Crippen LogP contribution >= 0.6 is 0 Å². The number of hydrogen-bond donors (Lipinski definition) is 1. The van der Waals surface area contributed by atoms with Crippen LogP contribution in [0.2, 0.25) is 0 Å². The first-order valence-corrected chi connectivity index (χ1v) is 7.86. The van der Waals surface area contributed by atoms with Crippen molar-refractivity contribution in [2.45, 2.75) is 13.5 Å². The number of hydrazone groups is 1. The maximum absolute atomic E-state index is 11.2. The number of aryl methyl sites for hydroxylation is 1. The smallest absolute Gasteiger partial charge is 0.278 e. The highest BCUT2D eigenvalue weighted by molar-refractivity contribution is 5.98. The van der Waals surface area contributed by atoms with Crippen LogP contribution in [0.25, 0.3) is 5.65 Å². The molecule has 0 bridgehead atoms. The number of fused-ring (bicyclic) bond motifs is 1. The molecule has 2 aromatic heterocycles. The van der Waals surface area contributed by atoms with Crippen LogP contribution in [0.5, 0.6) is 5.75 Å². The van der Waals surface area contributed by atoms with E-state index in [0.29, 0.717) is 29.6 Å². The fraction of sp³-hybridized carbons (Fsp3) is 0.167. The number of imidazole rings is 1. The number of hydrogen-bond acceptors (Lipinski definition) is 5. The Morgan fingerprint density at radius 1 is 1.24 bits per heavy atom. The molecule has 126 valence electrons. The number of benzene rings is 1. The number of rotatable bonds is 4. The third-order valence-electron chi connectivity index (χ3n) is 3.85. The first-order chi connectivity index (χ1) is 12.2. The first kappa shape index (κ1) is 15.2. The molecule has 25 heavy (non-hydrogen) atoms. The molecule has 0 unspecified atom stereocenters. The lowest BCUT2D eigenvalue weighted by Crippen LogP contribution is -2.32. The molecule has 0 saturated heterocycles. The zero-order valence-corrected chi connectivity index (χ0v) is 13.6. The van der Waals surface area contributed by atoms with Crippen molar-refractivity contribution in [1.82, 2.24) is 14.8 Å². The summed E-state index contributed by atoms with van der Waals surface area (Å²) in [6, 6.07) is 13.7. The lowest BCUT2D eigenvalue weighted by Gasteiger charge is -2.14. The topological polar surface area (TPSA) is 77.2 Å². The van der Waals surface area contributed by atoms with Crippen LogP contribution in [-0.4, -0.2) is 27.8 Å². The number of aromatic nitrogens is 2. The molecule has 0 radical (unpaired) electrons. The Kier molecular flexibility index (Phi) is 3.81. The highest BCUT2D eigenvalue weighted by Crippen LogP contribution is 2.24. The average molecular weight is 336 g/mol. The monoisotopic (exact) mass is 336 g/mol. The lowest BCUT2D eigenvalue weighted by molar-refractivity contribution is -0.124. The molecular formula is C18H16N4O3. The van der Waals surface area contributed by atoms with Crippen LogP contribution in [0.1, 0.15) is 17.0 Å². The fourth-order valence-electron chi connectivity index (χ4n) is 2.69. The van der Waals surface area contributed by atoms with Gasteiger partial charge >= 0.3 is 0 Å². The molecule has 3 aromatic rings. The Hall–Kier alpha value is -3.35. The average Bonchev–Trinajstić information content (AvgIpc) is 2.98. The summed E-state index contributed by atoms with van der Waals surface area (Å²) >= 11 is 0. The Balaban J connectivity index is 1.69. The molecule has 0 saturated carbocycles. The first-order valence-electron chi connectivity index (χ1n) is 7.86. The van der Waals surface area contributed by atoms with Gasteiger partial charge in [-0.2, -0.15) is 0 Å². The van der Waals surface area contributed by atoms with Gasteiger partial charge in [0.05, 0.1) is 5.69 Å². The van der Waals surface area contributed by atoms with Crippen LogP contribution in [0.4, 0.5) is 0 Å². The van der Waals surface area contributed by atoms with Crippen molar-refractivity contribution in [1.29, 1.82) is 0 Å². The number of nitrogens with zero attached hydrogens (tertiary/aromatic N) is 3. The Bertz CT molecular complexity index is 963. The summed E-state index contributed by atoms with van der Waals surface area (Å²) in [4.78, 5) is 15.8. The Labute approximate surface area is 143 Å². The van der Waals surface area contributed by atoms with E-state index < -0.39 is 0 Å². The van der Waals surface area contributed by atoms with Gasteiger partial charge in [-0.05, 0) is 24.6 Å². The van der Waals surface area contributed by atoms with Gasteiger partial charge in [-0.1, -0.05) is 30.3 Å². The predicted molar refractivity (Wildman–Crippen MR) is 91.3 cm³/mol. The molecule has 1 aliphatic rings. The van der Waals surface area contributed by atoms with Gasteiger partial charge < -0.3 is 9.47 Å². The molecule has 4 rings (SSSR count). The maximum atomic E-state index is 11.2. The quantitative estimate of drug-likeness (QED) is 0.791. The van der Waals surface area contributed by atoms with Gasteiger partial charge in [-0.25, -0.2) is 10.4 Å². The molecule has 0 spiro atoms. The maximum Gasteiger partial charge on any atom is 0.278 e. The zero-order chi connectivity index (χ0) is 17.2. The van der Waals surface area contributed by atoms with E-state index >= 15 is 0 Å². The fourth-order valence-corrected chi connectivity index (χ4v) is 2.69. The molecule has 0 atom stereocenters. The van der Waals surface area contributed by atoms with E-state index in [1.54, 1.807) is 0 Å². The van der Waals surface area contributed by atoms with Crippen molar-refractivity contribution < 1.29 is 14.3 Å². The number of ether oxygens (including phenoxy) is 2. The van der Waals surface area contributed by atoms with Gasteiger partial charge in [-0.15, -0.1) is 5.10 Å². The van der Waals surface area contributed by atoms with Gasteiger partial charge in [0.15, 0.2) is 18.0 Å². The van der Waals surface area contributed by atoms with Gasteiger partial charge in [0.2, 0.25) is 0 Å². The molecule has 1 aliphatic heterocycles. The normalized spacial score (nSPS) is 14.0. The van der Waals surface area contributed by atoms with Crippen LogP contribution in [-0.2, 0) is 16.1 Å². The minimum Gasteiger partial charge on any atom is -0.485 e. The summed E-state index contributed by atoms with van der Waals surface area (Å²) in [5.41, 5.74) is 5.62. The van der Waals surface area contributed by atoms with Gasteiger partial charge in [0.25, 0.3) is 11.8 Å². The van der Waals surface area contributed by atoms with Crippen LogP contribution in [0, 0.1) is 6.92 Å². The van der Waals surface area contributed by atoms with Crippen molar-refractivity contribution in [2.24, 2.45) is 5.10 Å². The largest absolute Gasteiger partial charge is 0.485 e. The highest BCUT2D eigenvalue weighted by Gasteiger charge is 2.22. The van der Waals surface area contributed by atoms with Crippen molar-refractivity contribution in [3.63, 3.8) is 0 Å². The summed E-state index contributed by atoms with van der Waals surface area (Å²) in [6.07, 6.45) is 1.86. The van der Waals surface area contributed by atoms with Crippen LogP contribution in [0.3, 0.4) is 0 Å². The van der Waals surface area contributed by atoms with Crippen molar-refractivity contribution in [3.8, 4) is 5.75 Å². The summed E-state index contributed by atoms with van der Waals surface area (Å²) in [7, 11) is 0. The van der Waals surface area contributed by atoms with E-state index in [9.17, 15) is 4.79 Å². The number of nitrogens with one attached hydrogen (secondary N) is 1. The second-order valence-corrected chi connectivity index (χ2v) is 5.63. The lowest BCUT2D eigenvalue weighted by atomic mass is 10.2. The van der Waals surface area contributed by atoms with Crippen LogP contribution in [0.15, 0.2) is 53.8 Å². The number of pyridine rings is 1. The Morgan fingerprint density at radius 3 is 2.84 bits per heavy atom. The highest BCUT2D eigenvalue weighted by atomic mass is 16.5. The van der Waals surface area contributed by atoms with Crippen LogP contribution < -0.4 is 10.2 Å². The summed E-state index contributed by atoms with van der Waals surface area (Å²) in [6.45, 7) is 2.26. The minimum atomic E-state index is -0.276. The third-order valence-corrected chi connectivity index (χ3v) is 3.85. The molecular weight excluding hydrogens is 320 g/mol. The van der Waals surface area contributed by atoms with E-state index in [1.807, 2.05) is 60.0 Å².